The zero-order valence-corrected chi connectivity index (χ0v) is 9.01. The summed E-state index contributed by atoms with van der Waals surface area (Å²) in [7, 11) is 1.58. The average Bonchev–Trinajstić information content (AvgIpc) is 2.96. The zero-order chi connectivity index (χ0) is 11.0. The molecule has 1 aliphatic rings. The fourth-order valence-electron chi connectivity index (χ4n) is 1.85. The van der Waals surface area contributed by atoms with Gasteiger partial charge in [-0.15, -0.1) is 0 Å². The van der Waals surface area contributed by atoms with Gasteiger partial charge in [0, 0.05) is 29.5 Å². The van der Waals surface area contributed by atoms with Crippen LogP contribution in [0, 0.1) is 11.7 Å². The lowest BCUT2D eigenvalue weighted by Gasteiger charge is -2.04. The average molecular weight is 228 g/mol. The Kier molecular flexibility index (Phi) is 2.65. The maximum atomic E-state index is 13.5. The van der Waals surface area contributed by atoms with E-state index in [4.69, 9.17) is 11.6 Å². The third kappa shape index (κ3) is 1.84. The summed E-state index contributed by atoms with van der Waals surface area (Å²) in [6.07, 6.45) is 0.681. The molecule has 1 aromatic carbocycles. The largest absolute Gasteiger partial charge is 0.359 e. The number of nitrogens with one attached hydrogen (secondary N) is 1. The molecule has 0 heterocycles. The number of benzene rings is 1. The third-order valence-corrected chi connectivity index (χ3v) is 3.07. The Hall–Kier alpha value is -1.09. The summed E-state index contributed by atoms with van der Waals surface area (Å²) >= 11 is 5.91. The van der Waals surface area contributed by atoms with E-state index in [1.165, 1.54) is 6.07 Å². The van der Waals surface area contributed by atoms with Crippen molar-refractivity contribution >= 4 is 17.5 Å². The molecular formula is C11H11ClFNO. The van der Waals surface area contributed by atoms with E-state index < -0.39 is 0 Å². The zero-order valence-electron chi connectivity index (χ0n) is 8.26. The van der Waals surface area contributed by atoms with E-state index in [2.05, 4.69) is 5.32 Å². The predicted molar refractivity (Wildman–Crippen MR) is 56.3 cm³/mol. The molecule has 1 amide bonds. The Bertz CT molecular complexity index is 387. The van der Waals surface area contributed by atoms with Crippen molar-refractivity contribution in [2.45, 2.75) is 12.3 Å². The van der Waals surface area contributed by atoms with Gasteiger partial charge in [-0.25, -0.2) is 4.39 Å². The first-order valence-corrected chi connectivity index (χ1v) is 5.18. The molecule has 1 saturated carbocycles. The van der Waals surface area contributed by atoms with Crippen LogP contribution >= 0.6 is 11.6 Å². The van der Waals surface area contributed by atoms with Gasteiger partial charge < -0.3 is 5.32 Å². The van der Waals surface area contributed by atoms with E-state index in [0.717, 1.165) is 0 Å². The third-order valence-electron chi connectivity index (χ3n) is 2.74. The van der Waals surface area contributed by atoms with Crippen LogP contribution in [0.4, 0.5) is 4.39 Å². The number of carbonyl (C=O) groups excluding carboxylic acids is 1. The van der Waals surface area contributed by atoms with Gasteiger partial charge >= 0.3 is 0 Å². The van der Waals surface area contributed by atoms with Gasteiger partial charge in [0.2, 0.25) is 5.91 Å². The highest BCUT2D eigenvalue weighted by Gasteiger charge is 2.45. The summed E-state index contributed by atoms with van der Waals surface area (Å²) in [4.78, 5) is 11.3. The topological polar surface area (TPSA) is 29.1 Å². The molecule has 80 valence electrons. The van der Waals surface area contributed by atoms with Crippen molar-refractivity contribution in [2.24, 2.45) is 5.92 Å². The second-order valence-corrected chi connectivity index (χ2v) is 4.11. The number of hydrogen-bond acceptors (Lipinski definition) is 1. The number of halogens is 2. The maximum absolute atomic E-state index is 13.5. The smallest absolute Gasteiger partial charge is 0.223 e. The molecule has 1 N–H and O–H groups in total. The maximum Gasteiger partial charge on any atom is 0.223 e. The van der Waals surface area contributed by atoms with Crippen LogP contribution in [0.5, 0.6) is 0 Å². The van der Waals surface area contributed by atoms with Gasteiger partial charge in [0.05, 0.1) is 0 Å². The van der Waals surface area contributed by atoms with Crippen molar-refractivity contribution < 1.29 is 9.18 Å². The van der Waals surface area contributed by atoms with E-state index >= 15 is 0 Å². The van der Waals surface area contributed by atoms with Crippen LogP contribution in [0.3, 0.4) is 0 Å². The Morgan fingerprint density at radius 2 is 2.33 bits per heavy atom. The quantitative estimate of drug-likeness (QED) is 0.826. The van der Waals surface area contributed by atoms with Gasteiger partial charge in [0.25, 0.3) is 0 Å². The first kappa shape index (κ1) is 10.4. The minimum atomic E-state index is -0.320. The Balaban J connectivity index is 2.23. The molecule has 0 aromatic heterocycles. The highest BCUT2D eigenvalue weighted by Crippen LogP contribution is 2.50. The molecule has 0 radical (unpaired) electrons. The molecule has 0 spiro atoms. The highest BCUT2D eigenvalue weighted by atomic mass is 35.5. The van der Waals surface area contributed by atoms with Crippen LogP contribution in [0.2, 0.25) is 5.02 Å². The lowest BCUT2D eigenvalue weighted by Crippen LogP contribution is -2.20. The summed E-state index contributed by atoms with van der Waals surface area (Å²) in [5.41, 5.74) is 0.479. The SMILES string of the molecule is CNC(=O)[C@H]1C[C@H]1c1c(F)cccc1Cl. The summed E-state index contributed by atoms with van der Waals surface area (Å²) in [5.74, 6) is -0.540. The van der Waals surface area contributed by atoms with Gasteiger partial charge in [-0.1, -0.05) is 17.7 Å². The number of carbonyl (C=O) groups is 1. The Morgan fingerprint density at radius 1 is 1.60 bits per heavy atom. The van der Waals surface area contributed by atoms with Crippen LogP contribution in [0.1, 0.15) is 17.9 Å². The van der Waals surface area contributed by atoms with Gasteiger partial charge in [-0.3, -0.25) is 4.79 Å². The van der Waals surface area contributed by atoms with Gasteiger partial charge in [0.1, 0.15) is 5.82 Å². The van der Waals surface area contributed by atoms with Crippen molar-refractivity contribution in [2.75, 3.05) is 7.05 Å². The molecule has 0 bridgehead atoms. The van der Waals surface area contributed by atoms with Crippen LogP contribution in [0.25, 0.3) is 0 Å². The minimum Gasteiger partial charge on any atom is -0.359 e. The monoisotopic (exact) mass is 227 g/mol. The van der Waals surface area contributed by atoms with Crippen molar-refractivity contribution in [1.29, 1.82) is 0 Å². The van der Waals surface area contributed by atoms with Crippen LogP contribution in [0.15, 0.2) is 18.2 Å². The van der Waals surface area contributed by atoms with Crippen LogP contribution in [-0.4, -0.2) is 13.0 Å². The molecule has 1 fully saturated rings. The lowest BCUT2D eigenvalue weighted by atomic mass is 10.1. The standard InChI is InChI=1S/C11H11ClFNO/c1-14-11(15)7-5-6(7)10-8(12)3-2-4-9(10)13/h2-4,6-7H,5H2,1H3,(H,14,15)/t6-,7+/m1/s1. The summed E-state index contributed by atoms with van der Waals surface area (Å²) in [6.45, 7) is 0. The highest BCUT2D eigenvalue weighted by molar-refractivity contribution is 6.31. The molecule has 0 saturated heterocycles. The molecule has 2 nitrogen and oxygen atoms in total. The van der Waals surface area contributed by atoms with E-state index in [1.807, 2.05) is 0 Å². The second kappa shape index (κ2) is 3.81. The van der Waals surface area contributed by atoms with Crippen molar-refractivity contribution in [3.63, 3.8) is 0 Å². The Labute approximate surface area is 92.4 Å². The molecule has 4 heteroatoms. The molecular weight excluding hydrogens is 217 g/mol. The number of hydrogen-bond donors (Lipinski definition) is 1. The molecule has 2 rings (SSSR count). The molecule has 0 aliphatic heterocycles. The number of amides is 1. The van der Waals surface area contributed by atoms with Gasteiger partial charge in [0.15, 0.2) is 0 Å². The van der Waals surface area contributed by atoms with Crippen molar-refractivity contribution in [1.82, 2.24) is 5.32 Å². The van der Waals surface area contributed by atoms with E-state index in [0.29, 0.717) is 17.0 Å². The first-order valence-electron chi connectivity index (χ1n) is 4.80. The fraction of sp³-hybridized carbons (Fsp3) is 0.364. The van der Waals surface area contributed by atoms with Crippen LogP contribution in [-0.2, 0) is 4.79 Å². The lowest BCUT2D eigenvalue weighted by molar-refractivity contribution is -0.121. The second-order valence-electron chi connectivity index (χ2n) is 3.70. The number of rotatable bonds is 2. The van der Waals surface area contributed by atoms with Crippen LogP contribution < -0.4 is 5.32 Å². The van der Waals surface area contributed by atoms with Crippen molar-refractivity contribution in [3.8, 4) is 0 Å². The summed E-state index contributed by atoms with van der Waals surface area (Å²) < 4.78 is 13.5. The van der Waals surface area contributed by atoms with E-state index in [9.17, 15) is 9.18 Å². The fourth-order valence-corrected chi connectivity index (χ4v) is 2.16. The molecule has 0 unspecified atom stereocenters. The Morgan fingerprint density at radius 3 is 2.93 bits per heavy atom. The minimum absolute atomic E-state index is 0.0423. The summed E-state index contributed by atoms with van der Waals surface area (Å²) in [5, 5.41) is 2.97. The van der Waals surface area contributed by atoms with Gasteiger partial charge in [-0.05, 0) is 18.6 Å². The molecule has 1 aromatic rings. The summed E-state index contributed by atoms with van der Waals surface area (Å²) in [6, 6.07) is 4.60. The molecule has 2 atom stereocenters. The normalized spacial score (nSPS) is 23.7. The van der Waals surface area contributed by atoms with E-state index in [1.54, 1.807) is 19.2 Å². The van der Waals surface area contributed by atoms with E-state index in [-0.39, 0.29) is 23.6 Å². The van der Waals surface area contributed by atoms with Gasteiger partial charge in [-0.2, -0.15) is 0 Å². The first-order chi connectivity index (χ1) is 7.15. The molecule has 15 heavy (non-hydrogen) atoms. The molecule has 1 aliphatic carbocycles. The van der Waals surface area contributed by atoms with Crippen molar-refractivity contribution in [3.05, 3.63) is 34.6 Å². The predicted octanol–water partition coefficient (Wildman–Crippen LogP) is 2.33.